The van der Waals surface area contributed by atoms with Gasteiger partial charge in [-0.05, 0) is 32.0 Å². The molecule has 0 unspecified atom stereocenters. The van der Waals surface area contributed by atoms with E-state index in [2.05, 4.69) is 15.0 Å². The van der Waals surface area contributed by atoms with E-state index < -0.39 is 5.60 Å². The molecule has 1 aliphatic rings. The Morgan fingerprint density at radius 3 is 2.72 bits per heavy atom. The normalized spacial score (nSPS) is 15.4. The van der Waals surface area contributed by atoms with Crippen molar-refractivity contribution in [1.29, 1.82) is 0 Å². The SMILES string of the molecule is CC1(C)CN(C(=O)c2cnc(-c3ncccn3)s2)c2ccccc2O1. The minimum Gasteiger partial charge on any atom is -0.484 e. The van der Waals surface area contributed by atoms with E-state index in [4.69, 9.17) is 4.74 Å². The van der Waals surface area contributed by atoms with Crippen LogP contribution in [0.5, 0.6) is 5.75 Å². The molecule has 2 aromatic heterocycles. The lowest BCUT2D eigenvalue weighted by Crippen LogP contribution is -2.49. The van der Waals surface area contributed by atoms with Gasteiger partial charge >= 0.3 is 0 Å². The lowest BCUT2D eigenvalue weighted by atomic mass is 10.0. The second kappa shape index (κ2) is 5.93. The molecule has 1 amide bonds. The molecule has 7 heteroatoms. The van der Waals surface area contributed by atoms with Gasteiger partial charge in [0.05, 0.1) is 18.4 Å². The fraction of sp³-hybridized carbons (Fsp3) is 0.222. The molecular formula is C18H16N4O2S. The molecule has 0 bridgehead atoms. The average molecular weight is 352 g/mol. The van der Waals surface area contributed by atoms with Gasteiger partial charge in [0.1, 0.15) is 16.2 Å². The first-order chi connectivity index (χ1) is 12.0. The predicted molar refractivity (Wildman–Crippen MR) is 96.0 cm³/mol. The third kappa shape index (κ3) is 2.98. The van der Waals surface area contributed by atoms with Gasteiger partial charge in [0, 0.05) is 12.4 Å². The molecule has 0 aliphatic carbocycles. The van der Waals surface area contributed by atoms with Crippen molar-refractivity contribution in [1.82, 2.24) is 15.0 Å². The van der Waals surface area contributed by atoms with Gasteiger partial charge in [-0.3, -0.25) is 4.79 Å². The van der Waals surface area contributed by atoms with Crippen LogP contribution >= 0.6 is 11.3 Å². The van der Waals surface area contributed by atoms with E-state index in [1.165, 1.54) is 11.3 Å². The van der Waals surface area contributed by atoms with Crippen molar-refractivity contribution < 1.29 is 9.53 Å². The fourth-order valence-corrected chi connectivity index (χ4v) is 3.58. The summed E-state index contributed by atoms with van der Waals surface area (Å²) in [5, 5.41) is 0.629. The average Bonchev–Trinajstić information content (AvgIpc) is 3.10. The maximum Gasteiger partial charge on any atom is 0.270 e. The highest BCUT2D eigenvalue weighted by Crippen LogP contribution is 2.38. The number of amides is 1. The molecule has 126 valence electrons. The number of benzene rings is 1. The number of anilines is 1. The Bertz CT molecular complexity index is 924. The predicted octanol–water partition coefficient (Wildman–Crippen LogP) is 3.42. The molecule has 0 saturated heterocycles. The maximum absolute atomic E-state index is 13.1. The van der Waals surface area contributed by atoms with Crippen LogP contribution in [0, 0.1) is 0 Å². The largest absolute Gasteiger partial charge is 0.484 e. The minimum absolute atomic E-state index is 0.0940. The number of fused-ring (bicyclic) bond motifs is 1. The molecule has 0 N–H and O–H groups in total. The van der Waals surface area contributed by atoms with Gasteiger partial charge < -0.3 is 9.64 Å². The van der Waals surface area contributed by atoms with Crippen molar-refractivity contribution >= 4 is 22.9 Å². The van der Waals surface area contributed by atoms with Crippen molar-refractivity contribution in [2.45, 2.75) is 19.4 Å². The summed E-state index contributed by atoms with van der Waals surface area (Å²) in [5.41, 5.74) is 0.317. The molecule has 0 spiro atoms. The van der Waals surface area contributed by atoms with E-state index >= 15 is 0 Å². The molecule has 3 heterocycles. The van der Waals surface area contributed by atoms with Crippen molar-refractivity contribution in [3.05, 3.63) is 53.8 Å². The number of hydrogen-bond donors (Lipinski definition) is 0. The van der Waals surface area contributed by atoms with Gasteiger partial charge in [-0.15, -0.1) is 11.3 Å². The molecule has 4 rings (SSSR count). The third-order valence-electron chi connectivity index (χ3n) is 3.80. The smallest absolute Gasteiger partial charge is 0.270 e. The van der Waals surface area contributed by atoms with Crippen molar-refractivity contribution in [3.8, 4) is 16.6 Å². The zero-order chi connectivity index (χ0) is 17.4. The number of carbonyl (C=O) groups excluding carboxylic acids is 1. The molecule has 1 aromatic carbocycles. The Morgan fingerprint density at radius 1 is 1.16 bits per heavy atom. The minimum atomic E-state index is -0.458. The van der Waals surface area contributed by atoms with Crippen LogP contribution in [0.25, 0.3) is 10.8 Å². The molecule has 0 saturated carbocycles. The Balaban J connectivity index is 1.69. The first-order valence-electron chi connectivity index (χ1n) is 7.87. The summed E-state index contributed by atoms with van der Waals surface area (Å²) in [6.45, 7) is 4.41. The van der Waals surface area contributed by atoms with E-state index in [9.17, 15) is 4.79 Å². The molecular weight excluding hydrogens is 336 g/mol. The Hall–Kier alpha value is -2.80. The van der Waals surface area contributed by atoms with Crippen LogP contribution in [0.2, 0.25) is 0 Å². The van der Waals surface area contributed by atoms with E-state index in [0.717, 1.165) is 5.69 Å². The third-order valence-corrected chi connectivity index (χ3v) is 4.78. The molecule has 0 atom stereocenters. The second-order valence-corrected chi connectivity index (χ2v) is 7.35. The number of nitrogens with zero attached hydrogens (tertiary/aromatic N) is 4. The molecule has 6 nitrogen and oxygen atoms in total. The highest BCUT2D eigenvalue weighted by Gasteiger charge is 2.35. The van der Waals surface area contributed by atoms with Crippen molar-refractivity contribution in [2.24, 2.45) is 0 Å². The number of para-hydroxylation sites is 2. The topological polar surface area (TPSA) is 68.2 Å². The van der Waals surface area contributed by atoms with Crippen LogP contribution in [0.4, 0.5) is 5.69 Å². The summed E-state index contributed by atoms with van der Waals surface area (Å²) < 4.78 is 5.98. The van der Waals surface area contributed by atoms with Gasteiger partial charge in [-0.2, -0.15) is 0 Å². The zero-order valence-corrected chi connectivity index (χ0v) is 14.7. The Kier molecular flexibility index (Phi) is 3.73. The van der Waals surface area contributed by atoms with E-state index in [1.54, 1.807) is 29.6 Å². The van der Waals surface area contributed by atoms with Gasteiger partial charge in [0.15, 0.2) is 10.8 Å². The van der Waals surface area contributed by atoms with E-state index in [1.807, 2.05) is 38.1 Å². The van der Waals surface area contributed by atoms with Crippen LogP contribution in [0.15, 0.2) is 48.9 Å². The van der Waals surface area contributed by atoms with Gasteiger partial charge in [0.2, 0.25) is 0 Å². The zero-order valence-electron chi connectivity index (χ0n) is 13.8. The summed E-state index contributed by atoms with van der Waals surface area (Å²) in [6, 6.07) is 9.32. The second-order valence-electron chi connectivity index (χ2n) is 6.32. The van der Waals surface area contributed by atoms with Crippen molar-refractivity contribution in [2.75, 3.05) is 11.4 Å². The number of carbonyl (C=O) groups is 1. The quantitative estimate of drug-likeness (QED) is 0.707. The lowest BCUT2D eigenvalue weighted by Gasteiger charge is -2.39. The van der Waals surface area contributed by atoms with Gasteiger partial charge in [-0.1, -0.05) is 12.1 Å². The van der Waals surface area contributed by atoms with Crippen LogP contribution in [-0.4, -0.2) is 33.0 Å². The number of aromatic nitrogens is 3. The van der Waals surface area contributed by atoms with E-state index in [0.29, 0.717) is 28.0 Å². The van der Waals surface area contributed by atoms with Crippen LogP contribution in [-0.2, 0) is 0 Å². The standard InChI is InChI=1S/C18H16N4O2S/c1-18(2)11-22(12-6-3-4-7-13(12)24-18)17(23)14-10-21-16(25-14)15-19-8-5-9-20-15/h3-10H,11H2,1-2H3. The van der Waals surface area contributed by atoms with Gasteiger partial charge in [0.25, 0.3) is 5.91 Å². The lowest BCUT2D eigenvalue weighted by molar-refractivity contribution is 0.0839. The summed E-state index contributed by atoms with van der Waals surface area (Å²) in [4.78, 5) is 28.1. The summed E-state index contributed by atoms with van der Waals surface area (Å²) in [6.07, 6.45) is 4.90. The number of rotatable bonds is 2. The monoisotopic (exact) mass is 352 g/mol. The van der Waals surface area contributed by atoms with Gasteiger partial charge in [-0.25, -0.2) is 15.0 Å². The number of thiazole rings is 1. The summed E-state index contributed by atoms with van der Waals surface area (Å²) in [5.74, 6) is 1.14. The molecule has 25 heavy (non-hydrogen) atoms. The maximum atomic E-state index is 13.1. The summed E-state index contributed by atoms with van der Waals surface area (Å²) in [7, 11) is 0. The van der Waals surface area contributed by atoms with Crippen LogP contribution in [0.1, 0.15) is 23.5 Å². The number of ether oxygens (including phenoxy) is 1. The number of hydrogen-bond acceptors (Lipinski definition) is 6. The molecule has 3 aromatic rings. The molecule has 1 aliphatic heterocycles. The van der Waals surface area contributed by atoms with Crippen LogP contribution < -0.4 is 9.64 Å². The van der Waals surface area contributed by atoms with E-state index in [-0.39, 0.29) is 5.91 Å². The Labute approximate surface area is 149 Å². The van der Waals surface area contributed by atoms with Crippen LogP contribution in [0.3, 0.4) is 0 Å². The summed E-state index contributed by atoms with van der Waals surface area (Å²) >= 11 is 1.29. The fourth-order valence-electron chi connectivity index (χ4n) is 2.76. The molecule has 0 radical (unpaired) electrons. The molecule has 0 fully saturated rings. The first-order valence-corrected chi connectivity index (χ1v) is 8.68. The highest BCUT2D eigenvalue weighted by atomic mass is 32.1. The first kappa shape index (κ1) is 15.7. The highest BCUT2D eigenvalue weighted by molar-refractivity contribution is 7.16. The Morgan fingerprint density at radius 2 is 1.92 bits per heavy atom. The van der Waals surface area contributed by atoms with Crippen molar-refractivity contribution in [3.63, 3.8) is 0 Å².